The number of furan rings is 1. The maximum atomic E-state index is 7.01. The molecule has 3 N–H and O–H groups in total. The molecule has 3 aromatic heterocycles. The summed E-state index contributed by atoms with van der Waals surface area (Å²) in [6.07, 6.45) is 0. The molecule has 0 aliphatic carbocycles. The third-order valence-electron chi connectivity index (χ3n) is 10.7. The van der Waals surface area contributed by atoms with E-state index in [0.29, 0.717) is 6.54 Å². The van der Waals surface area contributed by atoms with Gasteiger partial charge in [0, 0.05) is 61.6 Å². The highest BCUT2D eigenvalue weighted by Gasteiger charge is 2.17. The molecule has 0 bridgehead atoms. The van der Waals surface area contributed by atoms with E-state index in [1.165, 1.54) is 60.4 Å². The van der Waals surface area contributed by atoms with Crippen molar-refractivity contribution in [2.45, 2.75) is 6.54 Å². The predicted octanol–water partition coefficient (Wildman–Crippen LogP) is 12.9. The smallest absolute Gasteiger partial charge is 0.136 e. The van der Waals surface area contributed by atoms with E-state index < -0.39 is 0 Å². The lowest BCUT2D eigenvalue weighted by Crippen LogP contribution is -2.10. The fraction of sp³-hybridized carbons (Fsp3) is 0.0385. The van der Waals surface area contributed by atoms with E-state index >= 15 is 0 Å². The lowest BCUT2D eigenvalue weighted by atomic mass is 9.97. The predicted molar refractivity (Wildman–Crippen MR) is 245 cm³/mol. The molecule has 0 fully saturated rings. The zero-order chi connectivity index (χ0) is 39.6. The molecule has 0 spiro atoms. The molecule has 6 nitrogen and oxygen atoms in total. The number of rotatable bonds is 5. The Morgan fingerprint density at radius 3 is 1.79 bits per heavy atom. The van der Waals surface area contributed by atoms with Crippen LogP contribution in [0.15, 0.2) is 197 Å². The number of hydrogen-bond acceptors (Lipinski definition) is 3. The second-order valence-corrected chi connectivity index (χ2v) is 14.3. The SMILES string of the molecule is C=NCc1cc(-c2ccccc2)c2c(c1)oc1ccccc12.Cn1c2ccccc2c2cc3c(cc21)c1ccccc1n3-c1ccccc1.N=C(N)c1ccccc1. The van der Waals surface area contributed by atoms with Gasteiger partial charge in [-0.2, -0.15) is 0 Å². The summed E-state index contributed by atoms with van der Waals surface area (Å²) in [6.45, 7) is 4.19. The maximum Gasteiger partial charge on any atom is 0.136 e. The summed E-state index contributed by atoms with van der Waals surface area (Å²) in [5.41, 5.74) is 17.5. The fourth-order valence-electron chi connectivity index (χ4n) is 8.07. The van der Waals surface area contributed by atoms with Crippen LogP contribution in [-0.2, 0) is 13.6 Å². The van der Waals surface area contributed by atoms with Crippen LogP contribution in [0.2, 0.25) is 0 Å². The van der Waals surface area contributed by atoms with Crippen LogP contribution in [0, 0.1) is 5.41 Å². The number of nitrogens with zero attached hydrogens (tertiary/aromatic N) is 3. The highest BCUT2D eigenvalue weighted by atomic mass is 16.3. The summed E-state index contributed by atoms with van der Waals surface area (Å²) in [5.74, 6) is 0.121. The number of nitrogens with two attached hydrogens (primary N) is 1. The van der Waals surface area contributed by atoms with Crippen molar-refractivity contribution in [1.82, 2.24) is 9.13 Å². The van der Waals surface area contributed by atoms with Crippen LogP contribution in [0.3, 0.4) is 0 Å². The van der Waals surface area contributed by atoms with Gasteiger partial charge in [-0.3, -0.25) is 10.4 Å². The molecular formula is C52H41N5O. The number of aromatic nitrogens is 2. The number of para-hydroxylation sites is 4. The van der Waals surface area contributed by atoms with Crippen LogP contribution in [-0.4, -0.2) is 21.7 Å². The van der Waals surface area contributed by atoms with Gasteiger partial charge in [-0.05, 0) is 78.0 Å². The monoisotopic (exact) mass is 751 g/mol. The molecule has 3 heterocycles. The third kappa shape index (κ3) is 6.56. The second-order valence-electron chi connectivity index (χ2n) is 14.3. The number of nitrogens with one attached hydrogen (secondary N) is 1. The molecule has 11 aromatic rings. The van der Waals surface area contributed by atoms with E-state index in [9.17, 15) is 0 Å². The number of aryl methyl sites for hydroxylation is 1. The first kappa shape index (κ1) is 36.0. The molecule has 11 rings (SSSR count). The topological polar surface area (TPSA) is 85.2 Å². The minimum absolute atomic E-state index is 0.121. The largest absolute Gasteiger partial charge is 0.456 e. The Kier molecular flexibility index (Phi) is 9.58. The first-order valence-electron chi connectivity index (χ1n) is 19.3. The van der Waals surface area contributed by atoms with Crippen LogP contribution in [0.25, 0.3) is 82.4 Å². The fourth-order valence-corrected chi connectivity index (χ4v) is 8.07. The van der Waals surface area contributed by atoms with Crippen molar-refractivity contribution in [3.63, 3.8) is 0 Å². The molecule has 0 saturated heterocycles. The van der Waals surface area contributed by atoms with Crippen molar-refractivity contribution in [1.29, 1.82) is 5.41 Å². The van der Waals surface area contributed by atoms with E-state index in [0.717, 1.165) is 33.1 Å². The van der Waals surface area contributed by atoms with E-state index in [1.54, 1.807) is 0 Å². The number of amidine groups is 1. The van der Waals surface area contributed by atoms with Crippen molar-refractivity contribution in [2.75, 3.05) is 0 Å². The molecule has 0 saturated carbocycles. The van der Waals surface area contributed by atoms with Gasteiger partial charge in [0.25, 0.3) is 0 Å². The highest BCUT2D eigenvalue weighted by Crippen LogP contribution is 2.39. The number of fused-ring (bicyclic) bond motifs is 9. The molecule has 0 aliphatic heterocycles. The quantitative estimate of drug-likeness (QED) is 0.136. The van der Waals surface area contributed by atoms with Crippen molar-refractivity contribution in [3.8, 4) is 16.8 Å². The Hall–Kier alpha value is -7.70. The summed E-state index contributed by atoms with van der Waals surface area (Å²) in [7, 11) is 2.16. The van der Waals surface area contributed by atoms with Gasteiger partial charge in [-0.15, -0.1) is 0 Å². The minimum atomic E-state index is 0.121. The number of benzene rings is 8. The van der Waals surface area contributed by atoms with Crippen molar-refractivity contribution in [2.24, 2.45) is 17.8 Å². The molecule has 0 amide bonds. The molecule has 0 aliphatic rings. The van der Waals surface area contributed by atoms with Crippen molar-refractivity contribution in [3.05, 3.63) is 199 Å². The zero-order valence-electron chi connectivity index (χ0n) is 32.1. The van der Waals surface area contributed by atoms with Crippen molar-refractivity contribution < 1.29 is 4.42 Å². The molecule has 6 heteroatoms. The summed E-state index contributed by atoms with van der Waals surface area (Å²) >= 11 is 0. The lowest BCUT2D eigenvalue weighted by Gasteiger charge is -2.07. The summed E-state index contributed by atoms with van der Waals surface area (Å²) < 4.78 is 10.7. The number of aliphatic imine (C=N–C) groups is 1. The average molecular weight is 752 g/mol. The minimum Gasteiger partial charge on any atom is -0.456 e. The average Bonchev–Trinajstić information content (AvgIpc) is 3.91. The van der Waals surface area contributed by atoms with Crippen molar-refractivity contribution >= 4 is 78.1 Å². The Bertz CT molecular complexity index is 3250. The Morgan fingerprint density at radius 2 is 1.12 bits per heavy atom. The van der Waals surface area contributed by atoms with Gasteiger partial charge in [0.2, 0.25) is 0 Å². The van der Waals surface area contributed by atoms with Gasteiger partial charge in [-0.25, -0.2) is 0 Å². The summed E-state index contributed by atoms with van der Waals surface area (Å²) in [5, 5.41) is 14.5. The summed E-state index contributed by atoms with van der Waals surface area (Å²) in [4.78, 5) is 4.01. The van der Waals surface area contributed by atoms with Crippen LogP contribution in [0.4, 0.5) is 0 Å². The molecular weight excluding hydrogens is 711 g/mol. The molecule has 0 atom stereocenters. The molecule has 8 aromatic carbocycles. The number of hydrogen-bond donors (Lipinski definition) is 2. The molecule has 0 radical (unpaired) electrons. The standard InChI is InChI=1S/C25H18N2.C20H15NO.C7H8N2/c1-26-22-13-7-5-11-18(22)20-16-25-21(15-24(20)26)19-12-6-8-14-23(19)27(25)17-9-3-2-4-10-17;1-21-13-14-11-17(15-7-3-2-4-8-15)20-16-9-5-6-10-18(16)22-19(20)12-14;8-7(9)6-4-2-1-3-5-6/h2-16H,1H3;2-12H,1,13H2;1-5H,(H3,8,9). The Morgan fingerprint density at radius 1 is 0.569 bits per heavy atom. The summed E-state index contributed by atoms with van der Waals surface area (Å²) in [6, 6.07) is 64.7. The lowest BCUT2D eigenvalue weighted by molar-refractivity contribution is 0.668. The van der Waals surface area contributed by atoms with Gasteiger partial charge in [0.1, 0.15) is 17.0 Å². The van der Waals surface area contributed by atoms with Gasteiger partial charge < -0.3 is 19.3 Å². The van der Waals surface area contributed by atoms with Crippen LogP contribution in [0.5, 0.6) is 0 Å². The van der Waals surface area contributed by atoms with E-state index in [2.05, 4.69) is 161 Å². The molecule has 58 heavy (non-hydrogen) atoms. The van der Waals surface area contributed by atoms with E-state index in [4.69, 9.17) is 15.6 Å². The van der Waals surface area contributed by atoms with Gasteiger partial charge in [0.15, 0.2) is 0 Å². The zero-order valence-corrected chi connectivity index (χ0v) is 32.1. The Labute approximate surface area is 336 Å². The van der Waals surface area contributed by atoms with Gasteiger partial charge >= 0.3 is 0 Å². The first-order chi connectivity index (χ1) is 28.5. The highest BCUT2D eigenvalue weighted by molar-refractivity contribution is 6.18. The van der Waals surface area contributed by atoms with Crippen LogP contribution < -0.4 is 5.73 Å². The normalized spacial score (nSPS) is 11.1. The Balaban J connectivity index is 0.000000126. The second kappa shape index (κ2) is 15.4. The molecule has 280 valence electrons. The first-order valence-corrected chi connectivity index (χ1v) is 19.3. The van der Waals surface area contributed by atoms with Gasteiger partial charge in [0.05, 0.1) is 17.6 Å². The van der Waals surface area contributed by atoms with Gasteiger partial charge in [-0.1, -0.05) is 133 Å². The van der Waals surface area contributed by atoms with Crippen LogP contribution >= 0.6 is 0 Å². The molecule has 0 unspecified atom stereocenters. The third-order valence-corrected chi connectivity index (χ3v) is 10.7. The van der Waals surface area contributed by atoms with E-state index in [1.807, 2.05) is 54.6 Å². The number of nitrogen functional groups attached to an aromatic ring is 1. The van der Waals surface area contributed by atoms with Crippen LogP contribution in [0.1, 0.15) is 11.1 Å². The van der Waals surface area contributed by atoms with E-state index in [-0.39, 0.29) is 5.84 Å². The maximum absolute atomic E-state index is 7.01.